The van der Waals surface area contributed by atoms with E-state index < -0.39 is 26.6 Å². The Labute approximate surface area is 183 Å². The summed E-state index contributed by atoms with van der Waals surface area (Å²) in [7, 11) is -4.59. The Bertz CT molecular complexity index is 1130. The number of nitrogens with zero attached hydrogens (tertiary/aromatic N) is 2. The predicted molar refractivity (Wildman–Crippen MR) is 115 cm³/mol. The van der Waals surface area contributed by atoms with E-state index in [-0.39, 0.29) is 29.4 Å². The van der Waals surface area contributed by atoms with Gasteiger partial charge in [-0.15, -0.1) is 0 Å². The Morgan fingerprint density at radius 3 is 2.32 bits per heavy atom. The first-order chi connectivity index (χ1) is 14.8. The van der Waals surface area contributed by atoms with Gasteiger partial charge >= 0.3 is 0 Å². The highest BCUT2D eigenvalue weighted by Gasteiger charge is 2.25. The van der Waals surface area contributed by atoms with Crippen LogP contribution in [0.4, 0.5) is 20.4 Å². The molecule has 1 heterocycles. The van der Waals surface area contributed by atoms with Crippen LogP contribution in [-0.4, -0.2) is 36.1 Å². The van der Waals surface area contributed by atoms with E-state index in [1.807, 2.05) is 30.3 Å². The van der Waals surface area contributed by atoms with Crippen LogP contribution in [0.25, 0.3) is 0 Å². The SMILES string of the molecule is C[C@H](CO)Nc1cc(NS(=O)(=O)c2c(F)cccc2F)nc(SCc2ccccc2)n1. The molecule has 0 aliphatic carbocycles. The number of rotatable bonds is 9. The lowest BCUT2D eigenvalue weighted by Gasteiger charge is -2.15. The molecule has 0 bridgehead atoms. The van der Waals surface area contributed by atoms with Gasteiger partial charge in [-0.25, -0.2) is 27.2 Å². The maximum absolute atomic E-state index is 14.0. The fourth-order valence-corrected chi connectivity index (χ4v) is 4.51. The van der Waals surface area contributed by atoms with Crippen molar-refractivity contribution < 1.29 is 22.3 Å². The summed E-state index contributed by atoms with van der Waals surface area (Å²) < 4.78 is 55.3. The van der Waals surface area contributed by atoms with Crippen molar-refractivity contribution in [2.45, 2.75) is 28.8 Å². The van der Waals surface area contributed by atoms with Crippen LogP contribution in [0.15, 0.2) is 64.6 Å². The molecule has 0 unspecified atom stereocenters. The molecule has 1 aromatic heterocycles. The molecular formula is C20H20F2N4O3S2. The average molecular weight is 467 g/mol. The maximum Gasteiger partial charge on any atom is 0.268 e. The molecule has 11 heteroatoms. The van der Waals surface area contributed by atoms with Gasteiger partial charge in [0.1, 0.15) is 23.3 Å². The summed E-state index contributed by atoms with van der Waals surface area (Å²) in [6.07, 6.45) is 0. The number of halogens is 2. The second-order valence-corrected chi connectivity index (χ2v) is 9.14. The molecule has 0 spiro atoms. The monoisotopic (exact) mass is 466 g/mol. The van der Waals surface area contributed by atoms with Crippen LogP contribution >= 0.6 is 11.8 Å². The number of nitrogens with one attached hydrogen (secondary N) is 2. The van der Waals surface area contributed by atoms with Crippen molar-refractivity contribution in [3.63, 3.8) is 0 Å². The van der Waals surface area contributed by atoms with Crippen molar-refractivity contribution in [2.75, 3.05) is 16.6 Å². The lowest BCUT2D eigenvalue weighted by atomic mass is 10.2. The van der Waals surface area contributed by atoms with E-state index in [9.17, 15) is 22.3 Å². The van der Waals surface area contributed by atoms with Crippen LogP contribution in [0.1, 0.15) is 12.5 Å². The smallest absolute Gasteiger partial charge is 0.268 e. The van der Waals surface area contributed by atoms with E-state index in [4.69, 9.17) is 0 Å². The highest BCUT2D eigenvalue weighted by atomic mass is 32.2. The second kappa shape index (κ2) is 10.0. The Balaban J connectivity index is 1.91. The zero-order valence-corrected chi connectivity index (χ0v) is 18.1. The van der Waals surface area contributed by atoms with E-state index in [1.165, 1.54) is 17.8 Å². The van der Waals surface area contributed by atoms with E-state index in [0.717, 1.165) is 23.8 Å². The van der Waals surface area contributed by atoms with Gasteiger partial charge in [-0.3, -0.25) is 4.72 Å². The van der Waals surface area contributed by atoms with Crippen LogP contribution < -0.4 is 10.0 Å². The van der Waals surface area contributed by atoms with Crippen LogP contribution in [0, 0.1) is 11.6 Å². The third-order valence-corrected chi connectivity index (χ3v) is 6.33. The molecule has 3 N–H and O–H groups in total. The van der Waals surface area contributed by atoms with Crippen molar-refractivity contribution in [1.82, 2.24) is 9.97 Å². The summed E-state index contributed by atoms with van der Waals surface area (Å²) >= 11 is 1.26. The largest absolute Gasteiger partial charge is 0.394 e. The molecule has 3 rings (SSSR count). The normalized spacial score (nSPS) is 12.4. The van der Waals surface area contributed by atoms with Gasteiger partial charge in [0.15, 0.2) is 10.1 Å². The van der Waals surface area contributed by atoms with E-state index in [1.54, 1.807) is 6.92 Å². The lowest BCUT2D eigenvalue weighted by molar-refractivity contribution is 0.281. The van der Waals surface area contributed by atoms with Crippen molar-refractivity contribution in [3.05, 3.63) is 71.8 Å². The van der Waals surface area contributed by atoms with Crippen LogP contribution in [0.2, 0.25) is 0 Å². The number of aromatic nitrogens is 2. The number of benzene rings is 2. The molecule has 0 amide bonds. The molecule has 1 atom stereocenters. The standard InChI is InChI=1S/C20H20F2N4O3S2/c1-13(11-27)23-17-10-18(25-20(24-17)30-12-14-6-3-2-4-7-14)26-31(28,29)19-15(21)8-5-9-16(19)22/h2-10,13,27H,11-12H2,1H3,(H2,23,24,25,26)/t13-/m1/s1. The minimum Gasteiger partial charge on any atom is -0.394 e. The van der Waals surface area contributed by atoms with Crippen molar-refractivity contribution in [1.29, 1.82) is 0 Å². The third kappa shape index (κ3) is 6.12. The van der Waals surface area contributed by atoms with E-state index >= 15 is 0 Å². The molecule has 0 saturated carbocycles. The molecule has 3 aromatic rings. The molecule has 0 fully saturated rings. The van der Waals surface area contributed by atoms with Gasteiger partial charge in [0.05, 0.1) is 6.61 Å². The van der Waals surface area contributed by atoms with Gasteiger partial charge < -0.3 is 10.4 Å². The molecule has 0 aliphatic rings. The third-order valence-electron chi connectivity index (χ3n) is 4.01. The topological polar surface area (TPSA) is 104 Å². The van der Waals surface area contributed by atoms with Gasteiger partial charge in [-0.2, -0.15) is 0 Å². The zero-order valence-electron chi connectivity index (χ0n) is 16.4. The summed E-state index contributed by atoms with van der Waals surface area (Å²) in [4.78, 5) is 7.39. The fourth-order valence-electron chi connectivity index (χ4n) is 2.56. The first-order valence-electron chi connectivity index (χ1n) is 9.18. The molecular weight excluding hydrogens is 446 g/mol. The Kier molecular flexibility index (Phi) is 7.42. The van der Waals surface area contributed by atoms with Gasteiger partial charge in [0, 0.05) is 17.9 Å². The summed E-state index contributed by atoms with van der Waals surface area (Å²) in [5.74, 6) is -1.83. The van der Waals surface area contributed by atoms with Gasteiger partial charge in [-0.05, 0) is 24.6 Å². The fraction of sp³-hybridized carbons (Fsp3) is 0.200. The molecule has 164 valence electrons. The minimum absolute atomic E-state index is 0.166. The van der Waals surface area contributed by atoms with Crippen LogP contribution in [0.5, 0.6) is 0 Å². The van der Waals surface area contributed by atoms with Crippen molar-refractivity contribution in [2.24, 2.45) is 0 Å². The zero-order chi connectivity index (χ0) is 22.4. The Hall–Kier alpha value is -2.76. The molecule has 7 nitrogen and oxygen atoms in total. The highest BCUT2D eigenvalue weighted by molar-refractivity contribution is 7.98. The number of aliphatic hydroxyl groups is 1. The molecule has 0 radical (unpaired) electrons. The van der Waals surface area contributed by atoms with Gasteiger partial charge in [-0.1, -0.05) is 48.2 Å². The van der Waals surface area contributed by atoms with Crippen molar-refractivity contribution in [3.8, 4) is 0 Å². The number of hydrogen-bond acceptors (Lipinski definition) is 7. The summed E-state index contributed by atoms with van der Waals surface area (Å²) in [5, 5.41) is 12.4. The van der Waals surface area contributed by atoms with E-state index in [2.05, 4.69) is 20.0 Å². The molecule has 2 aromatic carbocycles. The number of anilines is 2. The number of hydrogen-bond donors (Lipinski definition) is 3. The summed E-state index contributed by atoms with van der Waals surface area (Å²) in [5.41, 5.74) is 1.01. The van der Waals surface area contributed by atoms with Crippen LogP contribution in [-0.2, 0) is 15.8 Å². The van der Waals surface area contributed by atoms with Gasteiger partial charge in [0.2, 0.25) is 0 Å². The maximum atomic E-state index is 14.0. The lowest BCUT2D eigenvalue weighted by Crippen LogP contribution is -2.21. The number of aliphatic hydroxyl groups excluding tert-OH is 1. The van der Waals surface area contributed by atoms with E-state index in [0.29, 0.717) is 5.75 Å². The van der Waals surface area contributed by atoms with Crippen LogP contribution in [0.3, 0.4) is 0 Å². The first-order valence-corrected chi connectivity index (χ1v) is 11.7. The minimum atomic E-state index is -4.59. The quantitative estimate of drug-likeness (QED) is 0.327. The number of thioether (sulfide) groups is 1. The molecule has 0 aliphatic heterocycles. The molecule has 0 saturated heterocycles. The molecule has 31 heavy (non-hydrogen) atoms. The summed E-state index contributed by atoms with van der Waals surface area (Å²) in [6.45, 7) is 1.52. The average Bonchev–Trinajstić information content (AvgIpc) is 2.72. The van der Waals surface area contributed by atoms with Gasteiger partial charge in [0.25, 0.3) is 10.0 Å². The first kappa shape index (κ1) is 22.9. The van der Waals surface area contributed by atoms with Crippen molar-refractivity contribution >= 4 is 33.4 Å². The predicted octanol–water partition coefficient (Wildman–Crippen LogP) is 3.64. The second-order valence-electron chi connectivity index (χ2n) is 6.58. The summed E-state index contributed by atoms with van der Waals surface area (Å²) in [6, 6.07) is 13.2. The number of sulfonamides is 1. The highest BCUT2D eigenvalue weighted by Crippen LogP contribution is 2.26. The Morgan fingerprint density at radius 2 is 1.68 bits per heavy atom. The Morgan fingerprint density at radius 1 is 1.03 bits per heavy atom.